The number of carbonyl (C=O) groups excluding carboxylic acids is 1. The molecule has 15 heavy (non-hydrogen) atoms. The Hall–Kier alpha value is -0.570. The van der Waals surface area contributed by atoms with Gasteiger partial charge in [0.25, 0.3) is 0 Å². The largest absolute Gasteiger partial charge is 0.468 e. The molecule has 0 spiro atoms. The predicted molar refractivity (Wildman–Crippen MR) is 60.3 cm³/mol. The van der Waals surface area contributed by atoms with Crippen molar-refractivity contribution in [2.24, 2.45) is 17.6 Å². The smallest absolute Gasteiger partial charge is 0.322 e. The predicted octanol–water partition coefficient (Wildman–Crippen LogP) is 2.09. The number of carbonyl (C=O) groups is 1. The maximum Gasteiger partial charge on any atom is 0.322 e. The second-order valence-electron chi connectivity index (χ2n) is 4.84. The molecule has 1 rings (SSSR count). The van der Waals surface area contributed by atoms with Gasteiger partial charge in [0, 0.05) is 0 Å². The second kappa shape index (κ2) is 6.11. The Labute approximate surface area is 92.4 Å². The van der Waals surface area contributed by atoms with E-state index < -0.39 is 6.04 Å². The Bertz CT molecular complexity index is 202. The number of hydrogen-bond donors (Lipinski definition) is 1. The lowest BCUT2D eigenvalue weighted by Crippen LogP contribution is -2.33. The van der Waals surface area contributed by atoms with E-state index in [0.29, 0.717) is 5.92 Å². The lowest BCUT2D eigenvalue weighted by molar-refractivity contribution is -0.142. The molecule has 0 saturated heterocycles. The highest BCUT2D eigenvalue weighted by atomic mass is 16.5. The van der Waals surface area contributed by atoms with Gasteiger partial charge >= 0.3 is 5.97 Å². The fourth-order valence-electron chi connectivity index (χ4n) is 2.10. The first-order valence-electron chi connectivity index (χ1n) is 5.97. The van der Waals surface area contributed by atoms with Crippen LogP contribution in [0.4, 0.5) is 0 Å². The summed E-state index contributed by atoms with van der Waals surface area (Å²) in [6.07, 6.45) is 7.44. The normalized spacial score (nSPS) is 20.5. The van der Waals surface area contributed by atoms with Crippen LogP contribution in [0, 0.1) is 11.8 Å². The van der Waals surface area contributed by atoms with Gasteiger partial charge in [0.1, 0.15) is 6.04 Å². The molecular formula is C12H23NO2. The molecule has 0 bridgehead atoms. The molecule has 0 aliphatic heterocycles. The summed E-state index contributed by atoms with van der Waals surface area (Å²) in [6, 6.07) is -0.439. The van der Waals surface area contributed by atoms with E-state index in [9.17, 15) is 4.79 Å². The highest BCUT2D eigenvalue weighted by Crippen LogP contribution is 2.32. The van der Waals surface area contributed by atoms with E-state index in [1.54, 1.807) is 0 Å². The van der Waals surface area contributed by atoms with Crippen molar-refractivity contribution in [2.45, 2.75) is 51.5 Å². The molecule has 88 valence electrons. The summed E-state index contributed by atoms with van der Waals surface area (Å²) >= 11 is 0. The molecule has 1 aliphatic rings. The molecule has 0 aromatic rings. The molecule has 0 aromatic heterocycles. The lowest BCUT2D eigenvalue weighted by Gasteiger charge is -2.26. The Morgan fingerprint density at radius 3 is 2.67 bits per heavy atom. The van der Waals surface area contributed by atoms with Crippen LogP contribution < -0.4 is 5.73 Å². The van der Waals surface area contributed by atoms with Crippen LogP contribution in [-0.4, -0.2) is 19.1 Å². The van der Waals surface area contributed by atoms with E-state index in [2.05, 4.69) is 11.7 Å². The zero-order valence-electron chi connectivity index (χ0n) is 9.87. The number of hydrogen-bond acceptors (Lipinski definition) is 3. The van der Waals surface area contributed by atoms with Crippen molar-refractivity contribution in [3.05, 3.63) is 0 Å². The molecule has 2 N–H and O–H groups in total. The van der Waals surface area contributed by atoms with Gasteiger partial charge < -0.3 is 10.5 Å². The Kier molecular flexibility index (Phi) is 5.09. The highest BCUT2D eigenvalue weighted by molar-refractivity contribution is 5.75. The highest BCUT2D eigenvalue weighted by Gasteiger charge is 2.20. The fourth-order valence-corrected chi connectivity index (χ4v) is 2.10. The lowest BCUT2D eigenvalue weighted by atomic mass is 9.80. The summed E-state index contributed by atoms with van der Waals surface area (Å²) in [5.74, 6) is 1.19. The summed E-state index contributed by atoms with van der Waals surface area (Å²) in [5, 5.41) is 0. The maximum atomic E-state index is 11.1. The first-order valence-corrected chi connectivity index (χ1v) is 5.97. The maximum absolute atomic E-state index is 11.1. The van der Waals surface area contributed by atoms with Crippen LogP contribution in [0.25, 0.3) is 0 Å². The van der Waals surface area contributed by atoms with Crippen molar-refractivity contribution >= 4 is 5.97 Å². The average molecular weight is 213 g/mol. The first-order chi connectivity index (χ1) is 7.13. The molecule has 0 amide bonds. The molecule has 0 heterocycles. The van der Waals surface area contributed by atoms with Crippen LogP contribution in [0.3, 0.4) is 0 Å². The molecule has 2 atom stereocenters. The van der Waals surface area contributed by atoms with Gasteiger partial charge in [0.2, 0.25) is 0 Å². The van der Waals surface area contributed by atoms with Gasteiger partial charge in [-0.15, -0.1) is 0 Å². The average Bonchev–Trinajstić information content (AvgIpc) is 2.14. The van der Waals surface area contributed by atoms with E-state index >= 15 is 0 Å². The van der Waals surface area contributed by atoms with Crippen molar-refractivity contribution in [1.82, 2.24) is 0 Å². The number of rotatable bonds is 6. The van der Waals surface area contributed by atoms with Gasteiger partial charge in [0.05, 0.1) is 7.11 Å². The minimum Gasteiger partial charge on any atom is -0.468 e. The van der Waals surface area contributed by atoms with Gasteiger partial charge in [-0.2, -0.15) is 0 Å². The summed E-state index contributed by atoms with van der Waals surface area (Å²) in [4.78, 5) is 11.1. The molecule has 2 unspecified atom stereocenters. The van der Waals surface area contributed by atoms with Crippen LogP contribution in [0.2, 0.25) is 0 Å². The molecule has 1 fully saturated rings. The molecule has 0 aromatic carbocycles. The van der Waals surface area contributed by atoms with Gasteiger partial charge in [-0.25, -0.2) is 0 Å². The topological polar surface area (TPSA) is 52.3 Å². The molecule has 0 radical (unpaired) electrons. The zero-order valence-corrected chi connectivity index (χ0v) is 9.87. The summed E-state index contributed by atoms with van der Waals surface area (Å²) < 4.78 is 4.61. The number of esters is 1. The molecular weight excluding hydrogens is 190 g/mol. The Morgan fingerprint density at radius 2 is 2.20 bits per heavy atom. The van der Waals surface area contributed by atoms with Crippen molar-refractivity contribution < 1.29 is 9.53 Å². The zero-order chi connectivity index (χ0) is 11.3. The van der Waals surface area contributed by atoms with E-state index in [1.807, 2.05) is 0 Å². The monoisotopic (exact) mass is 213 g/mol. The van der Waals surface area contributed by atoms with Crippen molar-refractivity contribution in [2.75, 3.05) is 7.11 Å². The molecule has 3 nitrogen and oxygen atoms in total. The van der Waals surface area contributed by atoms with Gasteiger partial charge in [0.15, 0.2) is 0 Å². The third-order valence-corrected chi connectivity index (χ3v) is 3.45. The van der Waals surface area contributed by atoms with Gasteiger partial charge in [-0.05, 0) is 18.3 Å². The van der Waals surface area contributed by atoms with Crippen LogP contribution >= 0.6 is 0 Å². The summed E-state index contributed by atoms with van der Waals surface area (Å²) in [6.45, 7) is 2.17. The Morgan fingerprint density at radius 1 is 1.53 bits per heavy atom. The van der Waals surface area contributed by atoms with Crippen molar-refractivity contribution in [3.63, 3.8) is 0 Å². The Balaban J connectivity index is 2.10. The van der Waals surface area contributed by atoms with Gasteiger partial charge in [-0.1, -0.05) is 39.0 Å². The third-order valence-electron chi connectivity index (χ3n) is 3.45. The van der Waals surface area contributed by atoms with Gasteiger partial charge in [-0.3, -0.25) is 4.79 Å². The van der Waals surface area contributed by atoms with Crippen molar-refractivity contribution in [3.8, 4) is 0 Å². The number of ether oxygens (including phenoxy) is 1. The SMILES string of the molecule is COC(=O)C(N)CC(C)CCC1CCC1. The number of methoxy groups -OCH3 is 1. The first kappa shape index (κ1) is 12.5. The van der Waals surface area contributed by atoms with Crippen LogP contribution in [-0.2, 0) is 9.53 Å². The van der Waals surface area contributed by atoms with Crippen LogP contribution in [0.5, 0.6) is 0 Å². The minimum absolute atomic E-state index is 0.287. The van der Waals surface area contributed by atoms with E-state index in [0.717, 1.165) is 12.3 Å². The van der Waals surface area contributed by atoms with Crippen LogP contribution in [0.15, 0.2) is 0 Å². The van der Waals surface area contributed by atoms with E-state index in [-0.39, 0.29) is 5.97 Å². The molecule has 1 aliphatic carbocycles. The molecule has 3 heteroatoms. The fraction of sp³-hybridized carbons (Fsp3) is 0.917. The summed E-state index contributed by atoms with van der Waals surface area (Å²) in [5.41, 5.74) is 5.71. The number of nitrogens with two attached hydrogens (primary N) is 1. The van der Waals surface area contributed by atoms with E-state index in [4.69, 9.17) is 5.73 Å². The minimum atomic E-state index is -0.439. The standard InChI is InChI=1S/C12H23NO2/c1-9(6-7-10-4-3-5-10)8-11(13)12(14)15-2/h9-11H,3-8,13H2,1-2H3. The van der Waals surface area contributed by atoms with Crippen molar-refractivity contribution in [1.29, 1.82) is 0 Å². The van der Waals surface area contributed by atoms with Crippen LogP contribution in [0.1, 0.15) is 45.4 Å². The molecule has 1 saturated carbocycles. The summed E-state index contributed by atoms with van der Waals surface area (Å²) in [7, 11) is 1.39. The second-order valence-corrected chi connectivity index (χ2v) is 4.84. The van der Waals surface area contributed by atoms with E-state index in [1.165, 1.54) is 39.2 Å². The third kappa shape index (κ3) is 4.20. The quantitative estimate of drug-likeness (QED) is 0.687.